The smallest absolute Gasteiger partial charge is 0.258 e. The Morgan fingerprint density at radius 1 is 1.09 bits per heavy atom. The molecule has 0 bridgehead atoms. The molecule has 2 aromatic carbocycles. The highest BCUT2D eigenvalue weighted by Crippen LogP contribution is 2.38. The van der Waals surface area contributed by atoms with Crippen molar-refractivity contribution in [2.45, 2.75) is 19.5 Å². The van der Waals surface area contributed by atoms with Gasteiger partial charge in [0.15, 0.2) is 5.11 Å². The van der Waals surface area contributed by atoms with Gasteiger partial charge in [-0.05, 0) is 60.4 Å². The van der Waals surface area contributed by atoms with Crippen molar-refractivity contribution in [2.24, 2.45) is 0 Å². The molecule has 1 unspecified atom stereocenters. The predicted octanol–water partition coefficient (Wildman–Crippen LogP) is 5.67. The Morgan fingerprint density at radius 2 is 1.88 bits per heavy atom. The minimum atomic E-state index is -0.192. The van der Waals surface area contributed by atoms with Gasteiger partial charge in [0.1, 0.15) is 5.75 Å². The summed E-state index contributed by atoms with van der Waals surface area (Å²) >= 11 is 7.48. The molecule has 8 heteroatoms. The number of thiocarbonyl (C=S) groups is 1. The number of thiophene rings is 1. The number of ether oxygens (including phenoxy) is 1. The van der Waals surface area contributed by atoms with Gasteiger partial charge in [-0.2, -0.15) is 4.98 Å². The highest BCUT2D eigenvalue weighted by molar-refractivity contribution is 7.80. The number of methoxy groups -OCH3 is 1. The van der Waals surface area contributed by atoms with E-state index in [0.717, 1.165) is 28.1 Å². The van der Waals surface area contributed by atoms with E-state index in [-0.39, 0.29) is 6.04 Å². The lowest BCUT2D eigenvalue weighted by atomic mass is 9.95. The minimum absolute atomic E-state index is 0.192. The minimum Gasteiger partial charge on any atom is -0.497 e. The summed E-state index contributed by atoms with van der Waals surface area (Å²) in [4.78, 5) is 8.07. The van der Waals surface area contributed by atoms with Crippen LogP contribution in [0.4, 0.5) is 0 Å². The van der Waals surface area contributed by atoms with Crippen LogP contribution in [-0.2, 0) is 6.54 Å². The SMILES string of the molecule is COc1ccc(-c2noc(C3=C(C)N(Cc4cccs4)C(=S)NC3c3ccccc3)n2)cc1. The molecule has 1 aliphatic heterocycles. The van der Waals surface area contributed by atoms with Crippen LogP contribution in [-0.4, -0.2) is 27.3 Å². The van der Waals surface area contributed by atoms with Crippen LogP contribution in [0.5, 0.6) is 5.75 Å². The van der Waals surface area contributed by atoms with Crippen molar-refractivity contribution in [2.75, 3.05) is 7.11 Å². The molecule has 0 radical (unpaired) electrons. The van der Waals surface area contributed by atoms with Crippen LogP contribution in [0, 0.1) is 0 Å². The largest absolute Gasteiger partial charge is 0.497 e. The fourth-order valence-electron chi connectivity index (χ4n) is 3.89. The third-order valence-electron chi connectivity index (χ3n) is 5.63. The molecule has 33 heavy (non-hydrogen) atoms. The van der Waals surface area contributed by atoms with E-state index in [2.05, 4.69) is 45.9 Å². The molecule has 6 nitrogen and oxygen atoms in total. The quantitative estimate of drug-likeness (QED) is 0.361. The van der Waals surface area contributed by atoms with Crippen molar-refractivity contribution in [1.82, 2.24) is 20.4 Å². The summed E-state index contributed by atoms with van der Waals surface area (Å²) in [6, 6.07) is 21.7. The van der Waals surface area contributed by atoms with E-state index in [1.807, 2.05) is 48.5 Å². The molecular formula is C25H22N4O2S2. The van der Waals surface area contributed by atoms with E-state index in [9.17, 15) is 0 Å². The summed E-state index contributed by atoms with van der Waals surface area (Å²) in [6.45, 7) is 2.74. The zero-order chi connectivity index (χ0) is 22.8. The van der Waals surface area contributed by atoms with Crippen LogP contribution in [0.2, 0.25) is 0 Å². The molecule has 1 atom stereocenters. The van der Waals surface area contributed by atoms with Crippen LogP contribution >= 0.6 is 23.6 Å². The van der Waals surface area contributed by atoms with Crippen LogP contribution < -0.4 is 10.1 Å². The molecule has 0 aliphatic carbocycles. The second-order valence-corrected chi connectivity index (χ2v) is 9.03. The molecule has 0 saturated heterocycles. The Morgan fingerprint density at radius 3 is 2.58 bits per heavy atom. The summed E-state index contributed by atoms with van der Waals surface area (Å²) < 4.78 is 11.0. The first-order chi connectivity index (χ1) is 16.1. The third-order valence-corrected chi connectivity index (χ3v) is 6.83. The van der Waals surface area contributed by atoms with Gasteiger partial charge in [-0.1, -0.05) is 41.6 Å². The molecule has 1 N–H and O–H groups in total. The van der Waals surface area contributed by atoms with E-state index in [0.29, 0.717) is 23.4 Å². The Hall–Kier alpha value is -3.49. The number of nitrogens with one attached hydrogen (secondary N) is 1. The first-order valence-electron chi connectivity index (χ1n) is 10.5. The normalized spacial score (nSPS) is 16.1. The van der Waals surface area contributed by atoms with Crippen molar-refractivity contribution >= 4 is 34.2 Å². The van der Waals surface area contributed by atoms with Crippen molar-refractivity contribution < 1.29 is 9.26 Å². The van der Waals surface area contributed by atoms with E-state index < -0.39 is 0 Å². The average Bonchev–Trinajstić information content (AvgIpc) is 3.54. The summed E-state index contributed by atoms with van der Waals surface area (Å²) in [5.74, 6) is 1.77. The summed E-state index contributed by atoms with van der Waals surface area (Å²) in [6.07, 6.45) is 0. The molecule has 5 rings (SSSR count). The lowest BCUT2D eigenvalue weighted by Gasteiger charge is -2.37. The second-order valence-electron chi connectivity index (χ2n) is 7.61. The number of aromatic nitrogens is 2. The molecule has 0 saturated carbocycles. The predicted molar refractivity (Wildman–Crippen MR) is 134 cm³/mol. The third kappa shape index (κ3) is 4.27. The molecular weight excluding hydrogens is 452 g/mol. The van der Waals surface area contributed by atoms with Gasteiger partial charge in [0.2, 0.25) is 5.82 Å². The van der Waals surface area contributed by atoms with E-state index in [1.165, 1.54) is 4.88 Å². The Bertz CT molecular complexity index is 1280. The maximum atomic E-state index is 5.80. The number of hydrogen-bond acceptors (Lipinski definition) is 6. The van der Waals surface area contributed by atoms with E-state index >= 15 is 0 Å². The zero-order valence-corrected chi connectivity index (χ0v) is 19.8. The van der Waals surface area contributed by atoms with Crippen molar-refractivity contribution in [3.8, 4) is 17.1 Å². The summed E-state index contributed by atoms with van der Waals surface area (Å²) in [5, 5.41) is 10.5. The number of rotatable bonds is 6. The van der Waals surface area contributed by atoms with Crippen LogP contribution in [0.15, 0.2) is 82.3 Å². The van der Waals surface area contributed by atoms with E-state index in [1.54, 1.807) is 18.4 Å². The maximum Gasteiger partial charge on any atom is 0.258 e. The van der Waals surface area contributed by atoms with Crippen molar-refractivity contribution in [3.05, 3.63) is 94.1 Å². The molecule has 166 valence electrons. The second kappa shape index (κ2) is 9.17. The topological polar surface area (TPSA) is 63.4 Å². The molecule has 0 amide bonds. The maximum absolute atomic E-state index is 5.80. The highest BCUT2D eigenvalue weighted by atomic mass is 32.1. The number of benzene rings is 2. The van der Waals surface area contributed by atoms with Gasteiger partial charge in [0.05, 0.1) is 25.3 Å². The van der Waals surface area contributed by atoms with Crippen LogP contribution in [0.25, 0.3) is 17.0 Å². The number of nitrogens with zero attached hydrogens (tertiary/aromatic N) is 3. The van der Waals surface area contributed by atoms with Crippen molar-refractivity contribution in [1.29, 1.82) is 0 Å². The Labute approximate surface area is 201 Å². The molecule has 0 fully saturated rings. The van der Waals surface area contributed by atoms with Gasteiger partial charge in [-0.15, -0.1) is 11.3 Å². The van der Waals surface area contributed by atoms with Crippen LogP contribution in [0.3, 0.4) is 0 Å². The fraction of sp³-hybridized carbons (Fsp3) is 0.160. The lowest BCUT2D eigenvalue weighted by Crippen LogP contribution is -2.45. The molecule has 2 aromatic heterocycles. The molecule has 4 aromatic rings. The van der Waals surface area contributed by atoms with Gasteiger partial charge in [-0.3, -0.25) is 0 Å². The molecule has 3 heterocycles. The monoisotopic (exact) mass is 474 g/mol. The fourth-order valence-corrected chi connectivity index (χ4v) is 4.90. The summed E-state index contributed by atoms with van der Waals surface area (Å²) in [7, 11) is 1.64. The van der Waals surface area contributed by atoms with Crippen molar-refractivity contribution in [3.63, 3.8) is 0 Å². The van der Waals surface area contributed by atoms with Gasteiger partial charge < -0.3 is 19.5 Å². The highest BCUT2D eigenvalue weighted by Gasteiger charge is 2.34. The first kappa shape index (κ1) is 21.4. The number of allylic oxidation sites excluding steroid dienone is 1. The Balaban J connectivity index is 1.57. The molecule has 0 spiro atoms. The van der Waals surface area contributed by atoms with E-state index in [4.69, 9.17) is 26.5 Å². The van der Waals surface area contributed by atoms with Gasteiger partial charge in [-0.25, -0.2) is 0 Å². The standard InChI is InChI=1S/C25H22N4O2S2/c1-16-21(24-27-23(28-31-24)18-10-12-19(30-2)13-11-18)22(17-7-4-3-5-8-17)26-25(32)29(16)15-20-9-6-14-33-20/h3-14,22H,15H2,1-2H3,(H,26,32). The first-order valence-corrected chi connectivity index (χ1v) is 11.8. The van der Waals surface area contributed by atoms with Gasteiger partial charge in [0, 0.05) is 16.1 Å². The summed E-state index contributed by atoms with van der Waals surface area (Å²) in [5.41, 5.74) is 3.84. The average molecular weight is 475 g/mol. The molecule has 1 aliphatic rings. The number of hydrogen-bond donors (Lipinski definition) is 1. The lowest BCUT2D eigenvalue weighted by molar-refractivity contribution is 0.396. The van der Waals surface area contributed by atoms with Gasteiger partial charge >= 0.3 is 0 Å². The van der Waals surface area contributed by atoms with Crippen LogP contribution in [0.1, 0.15) is 29.3 Å². The zero-order valence-electron chi connectivity index (χ0n) is 18.2. The Kier molecular flexibility index (Phi) is 5.93. The van der Waals surface area contributed by atoms with Gasteiger partial charge in [0.25, 0.3) is 5.89 Å².